The molecule has 26 heavy (non-hydrogen) atoms. The quantitative estimate of drug-likeness (QED) is 0.661. The average molecular weight is 381 g/mol. The van der Waals surface area contributed by atoms with Gasteiger partial charge < -0.3 is 19.3 Å². The minimum absolute atomic E-state index is 0.225. The van der Waals surface area contributed by atoms with E-state index in [1.165, 1.54) is 0 Å². The highest BCUT2D eigenvalue weighted by Crippen LogP contribution is 2.21. The second kappa shape index (κ2) is 10.4. The molecular formula is C20H32N2O3S. The van der Waals surface area contributed by atoms with Crippen molar-refractivity contribution in [2.75, 3.05) is 53.0 Å². The molecule has 1 unspecified atom stereocenters. The summed E-state index contributed by atoms with van der Waals surface area (Å²) in [5, 5.41) is 4.12. The number of ether oxygens (including phenoxy) is 2. The van der Waals surface area contributed by atoms with E-state index in [1.54, 1.807) is 18.4 Å². The molecule has 0 bridgehead atoms. The van der Waals surface area contributed by atoms with Crippen molar-refractivity contribution in [3.63, 3.8) is 0 Å². The lowest BCUT2D eigenvalue weighted by molar-refractivity contribution is -0.133. The number of thiophene rings is 1. The first-order valence-electron chi connectivity index (χ1n) is 9.86. The molecule has 0 radical (unpaired) electrons. The van der Waals surface area contributed by atoms with Gasteiger partial charge in [-0.1, -0.05) is 0 Å². The number of nitrogens with zero attached hydrogens (tertiary/aromatic N) is 2. The zero-order valence-corrected chi connectivity index (χ0v) is 16.7. The zero-order valence-electron chi connectivity index (χ0n) is 15.9. The molecule has 1 atom stereocenters. The van der Waals surface area contributed by atoms with Crippen molar-refractivity contribution >= 4 is 17.2 Å². The van der Waals surface area contributed by atoms with Gasteiger partial charge in [-0.2, -0.15) is 11.3 Å². The first kappa shape index (κ1) is 19.8. The Hall–Kier alpha value is -0.950. The zero-order chi connectivity index (χ0) is 18.2. The van der Waals surface area contributed by atoms with Crippen molar-refractivity contribution in [1.82, 2.24) is 9.80 Å². The van der Waals surface area contributed by atoms with E-state index in [0.717, 1.165) is 77.2 Å². The molecule has 3 heterocycles. The first-order valence-corrected chi connectivity index (χ1v) is 10.8. The second-order valence-electron chi connectivity index (χ2n) is 7.52. The van der Waals surface area contributed by atoms with Crippen LogP contribution in [0.25, 0.3) is 0 Å². The summed E-state index contributed by atoms with van der Waals surface area (Å²) < 4.78 is 11.0. The predicted octanol–water partition coefficient (Wildman–Crippen LogP) is 2.66. The summed E-state index contributed by atoms with van der Waals surface area (Å²) in [4.78, 5) is 17.5. The van der Waals surface area contributed by atoms with Gasteiger partial charge in [-0.05, 0) is 67.1 Å². The largest absolute Gasteiger partial charge is 0.383 e. The third-order valence-electron chi connectivity index (χ3n) is 5.53. The molecule has 1 aromatic rings. The van der Waals surface area contributed by atoms with E-state index in [1.807, 2.05) is 5.38 Å². The molecule has 2 aliphatic heterocycles. The van der Waals surface area contributed by atoms with Crippen molar-refractivity contribution < 1.29 is 14.3 Å². The Morgan fingerprint density at radius 2 is 2.19 bits per heavy atom. The number of carbonyl (C=O) groups excluding carboxylic acids is 1. The number of likely N-dealkylation sites (tertiary alicyclic amines) is 1. The second-order valence-corrected chi connectivity index (χ2v) is 8.30. The van der Waals surface area contributed by atoms with Crippen LogP contribution >= 0.6 is 11.3 Å². The number of piperidine rings is 1. The van der Waals surface area contributed by atoms with Crippen molar-refractivity contribution in [3.05, 3.63) is 22.4 Å². The van der Waals surface area contributed by atoms with Crippen molar-refractivity contribution in [2.45, 2.75) is 38.2 Å². The van der Waals surface area contributed by atoms with Crippen LogP contribution in [0.2, 0.25) is 0 Å². The number of rotatable bonds is 9. The molecule has 0 N–H and O–H groups in total. The highest BCUT2D eigenvalue weighted by molar-refractivity contribution is 7.07. The van der Waals surface area contributed by atoms with E-state index < -0.39 is 0 Å². The van der Waals surface area contributed by atoms with Gasteiger partial charge in [-0.25, -0.2) is 0 Å². The standard InChI is InChI=1S/C20H32N2O3S/c1-24-11-9-21-7-4-17(5-8-21)14-22(15-19-3-2-10-25-19)20(23)13-18-6-12-26-16-18/h6,12,16-17,19H,2-5,7-11,13-15H2,1H3. The Balaban J connectivity index is 1.52. The Morgan fingerprint density at radius 1 is 1.35 bits per heavy atom. The third kappa shape index (κ3) is 6.05. The molecule has 2 saturated heterocycles. The maximum Gasteiger partial charge on any atom is 0.227 e. The SMILES string of the molecule is COCCN1CCC(CN(CC2CCCO2)C(=O)Cc2ccsc2)CC1. The van der Waals surface area contributed by atoms with Gasteiger partial charge in [0.2, 0.25) is 5.91 Å². The number of carbonyl (C=O) groups is 1. The maximum absolute atomic E-state index is 12.9. The van der Waals surface area contributed by atoms with E-state index in [4.69, 9.17) is 9.47 Å². The van der Waals surface area contributed by atoms with Gasteiger partial charge in [0.25, 0.3) is 0 Å². The summed E-state index contributed by atoms with van der Waals surface area (Å²) in [6.07, 6.45) is 5.27. The number of hydrogen-bond donors (Lipinski definition) is 0. The minimum Gasteiger partial charge on any atom is -0.383 e. The molecule has 0 aromatic carbocycles. The Morgan fingerprint density at radius 3 is 2.85 bits per heavy atom. The number of hydrogen-bond acceptors (Lipinski definition) is 5. The van der Waals surface area contributed by atoms with Gasteiger partial charge >= 0.3 is 0 Å². The molecule has 2 fully saturated rings. The number of methoxy groups -OCH3 is 1. The Kier molecular flexibility index (Phi) is 7.92. The molecule has 146 valence electrons. The van der Waals surface area contributed by atoms with E-state index in [9.17, 15) is 4.79 Å². The van der Waals surface area contributed by atoms with Crippen molar-refractivity contribution in [1.29, 1.82) is 0 Å². The van der Waals surface area contributed by atoms with Gasteiger partial charge in [-0.3, -0.25) is 4.79 Å². The minimum atomic E-state index is 0.225. The van der Waals surface area contributed by atoms with E-state index in [2.05, 4.69) is 21.2 Å². The lowest BCUT2D eigenvalue weighted by atomic mass is 9.95. The Labute approximate surface area is 161 Å². The summed E-state index contributed by atoms with van der Waals surface area (Å²) in [7, 11) is 1.76. The normalized spacial score (nSPS) is 22.0. The predicted molar refractivity (Wildman–Crippen MR) is 105 cm³/mol. The molecule has 2 aliphatic rings. The summed E-state index contributed by atoms with van der Waals surface area (Å²) in [6.45, 7) is 6.51. The summed E-state index contributed by atoms with van der Waals surface area (Å²) in [5.41, 5.74) is 1.13. The molecule has 1 aromatic heterocycles. The summed E-state index contributed by atoms with van der Waals surface area (Å²) >= 11 is 1.66. The monoisotopic (exact) mass is 380 g/mol. The van der Waals surface area contributed by atoms with Crippen LogP contribution in [0.4, 0.5) is 0 Å². The van der Waals surface area contributed by atoms with Crippen LogP contribution in [0, 0.1) is 5.92 Å². The fourth-order valence-corrected chi connectivity index (χ4v) is 4.59. The molecule has 3 rings (SSSR count). The van der Waals surface area contributed by atoms with Crippen LogP contribution in [0.3, 0.4) is 0 Å². The molecule has 6 heteroatoms. The van der Waals surface area contributed by atoms with Crippen LogP contribution in [0.15, 0.2) is 16.8 Å². The summed E-state index contributed by atoms with van der Waals surface area (Å²) in [5.74, 6) is 0.849. The van der Waals surface area contributed by atoms with Crippen molar-refractivity contribution in [2.24, 2.45) is 5.92 Å². The molecule has 1 amide bonds. The number of amides is 1. The van der Waals surface area contributed by atoms with Crippen LogP contribution in [0.5, 0.6) is 0 Å². The lowest BCUT2D eigenvalue weighted by Crippen LogP contribution is -2.44. The van der Waals surface area contributed by atoms with E-state index in [0.29, 0.717) is 12.3 Å². The van der Waals surface area contributed by atoms with E-state index in [-0.39, 0.29) is 12.0 Å². The molecule has 0 aliphatic carbocycles. The van der Waals surface area contributed by atoms with Crippen LogP contribution in [0.1, 0.15) is 31.2 Å². The summed E-state index contributed by atoms with van der Waals surface area (Å²) in [6, 6.07) is 2.06. The topological polar surface area (TPSA) is 42.0 Å². The molecular weight excluding hydrogens is 348 g/mol. The highest BCUT2D eigenvalue weighted by Gasteiger charge is 2.27. The van der Waals surface area contributed by atoms with Gasteiger partial charge in [0.05, 0.1) is 19.1 Å². The fourth-order valence-electron chi connectivity index (χ4n) is 3.92. The van der Waals surface area contributed by atoms with Gasteiger partial charge in [-0.15, -0.1) is 0 Å². The van der Waals surface area contributed by atoms with Gasteiger partial charge in [0.1, 0.15) is 0 Å². The Bertz CT molecular complexity index is 523. The molecule has 0 spiro atoms. The maximum atomic E-state index is 12.9. The fraction of sp³-hybridized carbons (Fsp3) is 0.750. The van der Waals surface area contributed by atoms with Gasteiger partial charge in [0.15, 0.2) is 0 Å². The highest BCUT2D eigenvalue weighted by atomic mass is 32.1. The van der Waals surface area contributed by atoms with Crippen LogP contribution in [-0.4, -0.2) is 74.9 Å². The smallest absolute Gasteiger partial charge is 0.227 e. The van der Waals surface area contributed by atoms with Crippen LogP contribution < -0.4 is 0 Å². The molecule has 0 saturated carbocycles. The van der Waals surface area contributed by atoms with Crippen LogP contribution in [-0.2, 0) is 20.7 Å². The third-order valence-corrected chi connectivity index (χ3v) is 6.27. The lowest BCUT2D eigenvalue weighted by Gasteiger charge is -2.35. The van der Waals surface area contributed by atoms with Gasteiger partial charge in [0, 0.05) is 33.4 Å². The van der Waals surface area contributed by atoms with E-state index >= 15 is 0 Å². The first-order chi connectivity index (χ1) is 12.7. The average Bonchev–Trinajstić information content (AvgIpc) is 3.34. The molecule has 5 nitrogen and oxygen atoms in total. The van der Waals surface area contributed by atoms with Crippen molar-refractivity contribution in [3.8, 4) is 0 Å².